The number of alkyl halides is 2. The van der Waals surface area contributed by atoms with Gasteiger partial charge in [-0.25, -0.2) is 0 Å². The average Bonchev–Trinajstić information content (AvgIpc) is 1.96. The molecule has 0 radical (unpaired) electrons. The highest BCUT2D eigenvalue weighted by Crippen LogP contribution is 2.26. The summed E-state index contributed by atoms with van der Waals surface area (Å²) >= 11 is 5.09. The molecule has 0 saturated heterocycles. The van der Waals surface area contributed by atoms with Crippen molar-refractivity contribution in [2.24, 2.45) is 0 Å². The zero-order valence-corrected chi connectivity index (χ0v) is 9.47. The lowest BCUT2D eigenvalue weighted by molar-refractivity contribution is -0.0504. The average molecular weight is 349 g/mol. The molecule has 1 aromatic carbocycles. The Labute approximate surface area is 90.4 Å². The van der Waals surface area contributed by atoms with E-state index in [0.29, 0.717) is 3.57 Å². The summed E-state index contributed by atoms with van der Waals surface area (Å²) in [6, 6.07) is 4.97. The second-order valence-electron chi connectivity index (χ2n) is 1.95. The molecule has 0 atom stereocenters. The summed E-state index contributed by atoms with van der Waals surface area (Å²) in [6.45, 7) is -2.77. The third kappa shape index (κ3) is 2.85. The number of hydrogen-bond acceptors (Lipinski definition) is 1. The molecule has 1 aromatic rings. The van der Waals surface area contributed by atoms with Gasteiger partial charge in [-0.3, -0.25) is 0 Å². The van der Waals surface area contributed by atoms with Gasteiger partial charge >= 0.3 is 6.61 Å². The van der Waals surface area contributed by atoms with Gasteiger partial charge in [-0.15, -0.1) is 0 Å². The molecule has 0 spiro atoms. The van der Waals surface area contributed by atoms with Crippen LogP contribution in [0.25, 0.3) is 0 Å². The fraction of sp³-hybridized carbons (Fsp3) is 0.143. The molecule has 0 N–H and O–H groups in total. The third-order valence-electron chi connectivity index (χ3n) is 1.11. The van der Waals surface area contributed by atoms with Crippen molar-refractivity contribution in [1.82, 2.24) is 0 Å². The Bertz CT molecular complexity index is 280. The molecule has 1 rings (SSSR count). The van der Waals surface area contributed by atoms with Gasteiger partial charge in [0.05, 0.1) is 3.57 Å². The molecule has 66 valence electrons. The number of rotatable bonds is 2. The Kier molecular flexibility index (Phi) is 3.70. The van der Waals surface area contributed by atoms with Crippen molar-refractivity contribution in [2.75, 3.05) is 0 Å². The summed E-state index contributed by atoms with van der Waals surface area (Å²) in [4.78, 5) is 0. The van der Waals surface area contributed by atoms with Crippen molar-refractivity contribution in [3.05, 3.63) is 26.2 Å². The molecule has 0 aliphatic rings. The Hall–Kier alpha value is 0.0900. The predicted molar refractivity (Wildman–Crippen MR) is 53.5 cm³/mol. The lowest BCUT2D eigenvalue weighted by Crippen LogP contribution is -2.03. The first-order valence-electron chi connectivity index (χ1n) is 2.99. The van der Waals surface area contributed by atoms with Crippen LogP contribution in [0.15, 0.2) is 22.7 Å². The van der Waals surface area contributed by atoms with E-state index < -0.39 is 6.61 Å². The predicted octanol–water partition coefficient (Wildman–Crippen LogP) is 3.66. The van der Waals surface area contributed by atoms with Crippen molar-refractivity contribution in [1.29, 1.82) is 0 Å². The maximum Gasteiger partial charge on any atom is 0.387 e. The first-order valence-corrected chi connectivity index (χ1v) is 4.86. The SMILES string of the molecule is FC(F)Oc1cc(Br)ccc1I. The van der Waals surface area contributed by atoms with Crippen molar-refractivity contribution in [3.63, 3.8) is 0 Å². The van der Waals surface area contributed by atoms with E-state index in [-0.39, 0.29) is 5.75 Å². The molecule has 5 heteroatoms. The number of halogens is 4. The number of benzene rings is 1. The lowest BCUT2D eigenvalue weighted by atomic mass is 10.3. The number of hydrogen-bond donors (Lipinski definition) is 0. The fourth-order valence-electron chi connectivity index (χ4n) is 0.663. The minimum Gasteiger partial charge on any atom is -0.434 e. The van der Waals surface area contributed by atoms with Crippen LogP contribution < -0.4 is 4.74 Å². The molecule has 0 unspecified atom stereocenters. The van der Waals surface area contributed by atoms with Gasteiger partial charge in [-0.1, -0.05) is 15.9 Å². The third-order valence-corrected chi connectivity index (χ3v) is 2.49. The molecule has 0 fully saturated rings. The Morgan fingerprint density at radius 1 is 1.42 bits per heavy atom. The highest BCUT2D eigenvalue weighted by atomic mass is 127. The summed E-state index contributed by atoms with van der Waals surface area (Å²) in [5, 5.41) is 0. The maximum absolute atomic E-state index is 11.8. The Morgan fingerprint density at radius 2 is 2.08 bits per heavy atom. The molecule has 1 nitrogen and oxygen atoms in total. The smallest absolute Gasteiger partial charge is 0.387 e. The standard InChI is InChI=1S/C7H4BrF2IO/c8-4-1-2-5(11)6(3-4)12-7(9)10/h1-3,7H. The topological polar surface area (TPSA) is 9.23 Å². The molecule has 0 aliphatic heterocycles. The lowest BCUT2D eigenvalue weighted by Gasteiger charge is -2.06. The monoisotopic (exact) mass is 348 g/mol. The largest absolute Gasteiger partial charge is 0.434 e. The summed E-state index contributed by atoms with van der Waals surface area (Å²) in [5.74, 6) is 0.194. The van der Waals surface area contributed by atoms with Crippen molar-refractivity contribution < 1.29 is 13.5 Å². The van der Waals surface area contributed by atoms with Gasteiger partial charge in [0.25, 0.3) is 0 Å². The van der Waals surface area contributed by atoms with E-state index in [0.717, 1.165) is 4.47 Å². The fourth-order valence-corrected chi connectivity index (χ4v) is 1.47. The van der Waals surface area contributed by atoms with Gasteiger partial charge in [0.15, 0.2) is 0 Å². The minimum atomic E-state index is -2.77. The first-order chi connectivity index (χ1) is 5.59. The molecule has 12 heavy (non-hydrogen) atoms. The van der Waals surface area contributed by atoms with Crippen LogP contribution in [0.4, 0.5) is 8.78 Å². The van der Waals surface area contributed by atoms with E-state index in [1.165, 1.54) is 6.07 Å². The zero-order valence-electron chi connectivity index (χ0n) is 5.73. The van der Waals surface area contributed by atoms with Gasteiger partial charge in [0.1, 0.15) is 5.75 Å². The van der Waals surface area contributed by atoms with Crippen LogP contribution in [-0.4, -0.2) is 6.61 Å². The summed E-state index contributed by atoms with van der Waals surface area (Å²) in [7, 11) is 0. The van der Waals surface area contributed by atoms with E-state index >= 15 is 0 Å². The molecule has 0 heterocycles. The van der Waals surface area contributed by atoms with Crippen LogP contribution in [0.1, 0.15) is 0 Å². The van der Waals surface area contributed by atoms with E-state index in [4.69, 9.17) is 0 Å². The van der Waals surface area contributed by atoms with E-state index in [1.54, 1.807) is 12.1 Å². The molecular formula is C7H4BrF2IO. The molecular weight excluding hydrogens is 345 g/mol. The van der Waals surface area contributed by atoms with Gasteiger partial charge in [0, 0.05) is 4.47 Å². The zero-order chi connectivity index (χ0) is 9.14. The summed E-state index contributed by atoms with van der Waals surface area (Å²) in [6.07, 6.45) is 0. The van der Waals surface area contributed by atoms with Crippen LogP contribution in [0.5, 0.6) is 5.75 Å². The molecule has 0 saturated carbocycles. The van der Waals surface area contributed by atoms with Crippen LogP contribution in [-0.2, 0) is 0 Å². The molecule has 0 amide bonds. The van der Waals surface area contributed by atoms with Crippen LogP contribution in [0.2, 0.25) is 0 Å². The molecule has 0 bridgehead atoms. The van der Waals surface area contributed by atoms with Crippen LogP contribution in [0, 0.1) is 3.57 Å². The quantitative estimate of drug-likeness (QED) is 0.741. The van der Waals surface area contributed by atoms with Gasteiger partial charge in [0.2, 0.25) is 0 Å². The first kappa shape index (κ1) is 10.2. The van der Waals surface area contributed by atoms with Crippen molar-refractivity contribution in [2.45, 2.75) is 6.61 Å². The van der Waals surface area contributed by atoms with Gasteiger partial charge < -0.3 is 4.74 Å². The van der Waals surface area contributed by atoms with Crippen molar-refractivity contribution in [3.8, 4) is 5.75 Å². The van der Waals surface area contributed by atoms with Crippen LogP contribution in [0.3, 0.4) is 0 Å². The van der Waals surface area contributed by atoms with Gasteiger partial charge in [-0.05, 0) is 40.8 Å². The minimum absolute atomic E-state index is 0.194. The second-order valence-corrected chi connectivity index (χ2v) is 4.03. The van der Waals surface area contributed by atoms with Crippen LogP contribution >= 0.6 is 38.5 Å². The second kappa shape index (κ2) is 4.36. The highest BCUT2D eigenvalue weighted by molar-refractivity contribution is 14.1. The normalized spacial score (nSPS) is 10.4. The van der Waals surface area contributed by atoms with E-state index in [9.17, 15) is 8.78 Å². The van der Waals surface area contributed by atoms with Gasteiger partial charge in [-0.2, -0.15) is 8.78 Å². The van der Waals surface area contributed by atoms with E-state index in [2.05, 4.69) is 20.7 Å². The Morgan fingerprint density at radius 3 is 2.67 bits per heavy atom. The summed E-state index contributed by atoms with van der Waals surface area (Å²) in [5.41, 5.74) is 0. The number of ether oxygens (including phenoxy) is 1. The van der Waals surface area contributed by atoms with E-state index in [1.807, 2.05) is 22.6 Å². The summed E-state index contributed by atoms with van der Waals surface area (Å²) < 4.78 is 29.2. The van der Waals surface area contributed by atoms with Crippen molar-refractivity contribution >= 4 is 38.5 Å². The highest BCUT2D eigenvalue weighted by Gasteiger charge is 2.07. The Balaban J connectivity index is 2.90. The molecule has 0 aromatic heterocycles. The maximum atomic E-state index is 11.8. The molecule has 0 aliphatic carbocycles.